The van der Waals surface area contributed by atoms with Crippen LogP contribution in [0.5, 0.6) is 0 Å². The van der Waals surface area contributed by atoms with Gasteiger partial charge in [-0.15, -0.1) is 0 Å². The summed E-state index contributed by atoms with van der Waals surface area (Å²) in [5.41, 5.74) is 1.35. The van der Waals surface area contributed by atoms with Crippen LogP contribution in [0.4, 0.5) is 5.69 Å². The largest absolute Gasteiger partial charge is 0.379 e. The monoisotopic (exact) mass is 426 g/mol. The minimum Gasteiger partial charge on any atom is -0.379 e. The average molecular weight is 427 g/mol. The summed E-state index contributed by atoms with van der Waals surface area (Å²) in [6.45, 7) is 11.7. The number of ether oxygens (including phenoxy) is 1. The number of nitrogens with zero attached hydrogens (tertiary/aromatic N) is 2. The molecule has 2 rings (SSSR count). The number of benzene rings is 1. The lowest BCUT2D eigenvalue weighted by molar-refractivity contribution is -0.115. The lowest BCUT2D eigenvalue weighted by atomic mass is 10.2. The van der Waals surface area contributed by atoms with E-state index in [1.54, 1.807) is 18.2 Å². The second kappa shape index (κ2) is 11.6. The molecule has 0 radical (unpaired) electrons. The van der Waals surface area contributed by atoms with Crippen LogP contribution >= 0.6 is 0 Å². The highest BCUT2D eigenvalue weighted by Gasteiger charge is 2.22. The fourth-order valence-corrected chi connectivity index (χ4v) is 4.74. The van der Waals surface area contributed by atoms with Gasteiger partial charge in [0.1, 0.15) is 0 Å². The first kappa shape index (κ1) is 23.8. The third kappa shape index (κ3) is 7.04. The Balaban J connectivity index is 1.84. The molecular weight excluding hydrogens is 392 g/mol. The molecule has 29 heavy (non-hydrogen) atoms. The molecule has 1 aromatic carbocycles. The van der Waals surface area contributed by atoms with Crippen molar-refractivity contribution >= 4 is 21.6 Å². The molecule has 9 heteroatoms. The Morgan fingerprint density at radius 3 is 2.55 bits per heavy atom. The fourth-order valence-electron chi connectivity index (χ4n) is 3.26. The number of nitrogens with one attached hydrogen (secondary N) is 2. The van der Waals surface area contributed by atoms with Crippen molar-refractivity contribution < 1.29 is 17.9 Å². The van der Waals surface area contributed by atoms with Crippen molar-refractivity contribution in [2.75, 3.05) is 64.3 Å². The van der Waals surface area contributed by atoms with Crippen LogP contribution in [-0.4, -0.2) is 82.6 Å². The molecule has 0 aliphatic carbocycles. The van der Waals surface area contributed by atoms with Crippen molar-refractivity contribution in [3.63, 3.8) is 0 Å². The maximum Gasteiger partial charge on any atom is 0.243 e. The summed E-state index contributed by atoms with van der Waals surface area (Å²) in [5, 5.41) is 5.98. The highest BCUT2D eigenvalue weighted by molar-refractivity contribution is 7.89. The zero-order valence-electron chi connectivity index (χ0n) is 17.7. The number of sulfonamides is 1. The molecule has 1 saturated heterocycles. The van der Waals surface area contributed by atoms with Gasteiger partial charge in [0, 0.05) is 31.9 Å². The number of amides is 1. The zero-order chi connectivity index (χ0) is 21.3. The number of aryl methyl sites for hydroxylation is 1. The van der Waals surface area contributed by atoms with Crippen LogP contribution in [0.1, 0.15) is 25.8 Å². The minimum absolute atomic E-state index is 0.183. The number of hydrogen-bond acceptors (Lipinski definition) is 6. The molecule has 0 saturated carbocycles. The second-order valence-electron chi connectivity index (χ2n) is 7.10. The minimum atomic E-state index is -3.56. The predicted octanol–water partition coefficient (Wildman–Crippen LogP) is 1.28. The number of carbonyl (C=O) groups is 1. The summed E-state index contributed by atoms with van der Waals surface area (Å²) in [4.78, 5) is 14.8. The topological polar surface area (TPSA) is 91.0 Å². The van der Waals surface area contributed by atoms with Gasteiger partial charge in [0.15, 0.2) is 0 Å². The third-order valence-electron chi connectivity index (χ3n) is 5.04. The van der Waals surface area contributed by atoms with Crippen molar-refractivity contribution in [1.82, 2.24) is 14.5 Å². The Morgan fingerprint density at radius 2 is 1.90 bits per heavy atom. The van der Waals surface area contributed by atoms with Crippen LogP contribution in [-0.2, 0) is 19.6 Å². The van der Waals surface area contributed by atoms with Gasteiger partial charge in [0.25, 0.3) is 0 Å². The summed E-state index contributed by atoms with van der Waals surface area (Å²) in [6, 6.07) is 4.85. The number of hydrogen-bond donors (Lipinski definition) is 2. The third-order valence-corrected chi connectivity index (χ3v) is 7.09. The number of morpholine rings is 1. The van der Waals surface area contributed by atoms with Crippen molar-refractivity contribution in [1.29, 1.82) is 0 Å². The Hall–Kier alpha value is -1.52. The maximum absolute atomic E-state index is 12.7. The summed E-state index contributed by atoms with van der Waals surface area (Å²) in [7, 11) is -3.56. The van der Waals surface area contributed by atoms with E-state index in [2.05, 4.69) is 15.5 Å². The summed E-state index contributed by atoms with van der Waals surface area (Å²) in [5.74, 6) is -0.183. The highest BCUT2D eigenvalue weighted by atomic mass is 32.2. The Bertz CT molecular complexity index is 760. The molecule has 0 unspecified atom stereocenters. The van der Waals surface area contributed by atoms with E-state index >= 15 is 0 Å². The van der Waals surface area contributed by atoms with Gasteiger partial charge in [-0.2, -0.15) is 4.31 Å². The van der Waals surface area contributed by atoms with E-state index in [1.165, 1.54) is 4.31 Å². The van der Waals surface area contributed by atoms with E-state index in [0.717, 1.165) is 51.4 Å². The molecule has 1 fully saturated rings. The van der Waals surface area contributed by atoms with Crippen molar-refractivity contribution in [2.24, 2.45) is 0 Å². The number of rotatable bonds is 11. The molecule has 0 atom stereocenters. The van der Waals surface area contributed by atoms with Crippen molar-refractivity contribution in [2.45, 2.75) is 32.1 Å². The van der Waals surface area contributed by atoms with Crippen molar-refractivity contribution in [3.8, 4) is 0 Å². The summed E-state index contributed by atoms with van der Waals surface area (Å²) in [6.07, 6.45) is 0.962. The van der Waals surface area contributed by atoms with Crippen LogP contribution in [0.15, 0.2) is 23.1 Å². The Morgan fingerprint density at radius 1 is 1.21 bits per heavy atom. The standard InChI is InChI=1S/C20H34N4O4S/c1-4-24(5-2)29(26,27)18-8-7-17(3)19(15-18)22-20(25)16-21-9-6-10-23-11-13-28-14-12-23/h7-8,15,21H,4-6,9-14,16H2,1-3H3,(H,22,25). The normalized spacial score (nSPS) is 15.6. The van der Waals surface area contributed by atoms with Gasteiger partial charge in [0.05, 0.1) is 24.7 Å². The van der Waals surface area contributed by atoms with Gasteiger partial charge in [0.2, 0.25) is 15.9 Å². The quantitative estimate of drug-likeness (QED) is 0.518. The van der Waals surface area contributed by atoms with E-state index in [-0.39, 0.29) is 17.3 Å². The van der Waals surface area contributed by atoms with Crippen LogP contribution in [0.2, 0.25) is 0 Å². The molecule has 164 valence electrons. The van der Waals surface area contributed by atoms with Crippen LogP contribution in [0.25, 0.3) is 0 Å². The first-order valence-corrected chi connectivity index (χ1v) is 11.7. The molecule has 0 bridgehead atoms. The maximum atomic E-state index is 12.7. The van der Waals surface area contributed by atoms with Crippen molar-refractivity contribution in [3.05, 3.63) is 23.8 Å². The first-order chi connectivity index (χ1) is 13.9. The van der Waals surface area contributed by atoms with E-state index in [1.807, 2.05) is 20.8 Å². The molecule has 8 nitrogen and oxygen atoms in total. The van der Waals surface area contributed by atoms with E-state index in [9.17, 15) is 13.2 Å². The molecule has 1 aliphatic rings. The van der Waals surface area contributed by atoms with Gasteiger partial charge < -0.3 is 15.4 Å². The van der Waals surface area contributed by atoms with E-state index < -0.39 is 10.0 Å². The molecule has 2 N–H and O–H groups in total. The fraction of sp³-hybridized carbons (Fsp3) is 0.650. The molecule has 0 spiro atoms. The van der Waals surface area contributed by atoms with Gasteiger partial charge in [-0.1, -0.05) is 19.9 Å². The molecular formula is C20H34N4O4S. The lowest BCUT2D eigenvalue weighted by Gasteiger charge is -2.26. The van der Waals surface area contributed by atoms with Crippen LogP contribution in [0, 0.1) is 6.92 Å². The van der Waals surface area contributed by atoms with E-state index in [0.29, 0.717) is 18.8 Å². The second-order valence-corrected chi connectivity index (χ2v) is 9.04. The SMILES string of the molecule is CCN(CC)S(=O)(=O)c1ccc(C)c(NC(=O)CNCCCN2CCOCC2)c1. The Labute approximate surface area is 174 Å². The van der Waals surface area contributed by atoms with Gasteiger partial charge in [-0.25, -0.2) is 8.42 Å². The van der Waals surface area contributed by atoms with Crippen LogP contribution in [0.3, 0.4) is 0 Å². The van der Waals surface area contributed by atoms with Gasteiger partial charge in [-0.05, 0) is 44.1 Å². The van der Waals surface area contributed by atoms with Gasteiger partial charge in [-0.3, -0.25) is 9.69 Å². The lowest BCUT2D eigenvalue weighted by Crippen LogP contribution is -2.38. The smallest absolute Gasteiger partial charge is 0.243 e. The average Bonchev–Trinajstić information content (AvgIpc) is 2.70. The summed E-state index contributed by atoms with van der Waals surface area (Å²) < 4.78 is 32.1. The first-order valence-electron chi connectivity index (χ1n) is 10.3. The molecule has 0 aromatic heterocycles. The number of carbonyl (C=O) groups excluding carboxylic acids is 1. The molecule has 1 aromatic rings. The molecule has 1 heterocycles. The molecule has 1 aliphatic heterocycles. The Kier molecular flexibility index (Phi) is 9.51. The summed E-state index contributed by atoms with van der Waals surface area (Å²) >= 11 is 0. The zero-order valence-corrected chi connectivity index (χ0v) is 18.6. The predicted molar refractivity (Wildman–Crippen MR) is 115 cm³/mol. The molecule has 1 amide bonds. The highest BCUT2D eigenvalue weighted by Crippen LogP contribution is 2.22. The van der Waals surface area contributed by atoms with E-state index in [4.69, 9.17) is 4.74 Å². The van der Waals surface area contributed by atoms with Gasteiger partial charge >= 0.3 is 0 Å². The number of anilines is 1. The van der Waals surface area contributed by atoms with Crippen LogP contribution < -0.4 is 10.6 Å².